The fraction of sp³-hybridized carbons (Fsp3) is 0.300. The van der Waals surface area contributed by atoms with Gasteiger partial charge in [0.25, 0.3) is 5.95 Å². The number of halogens is 1. The Kier molecular flexibility index (Phi) is 3.28. The first-order chi connectivity index (χ1) is 8.08. The molecule has 7 heteroatoms. The smallest absolute Gasteiger partial charge is 0.255 e. The first-order valence-electron chi connectivity index (χ1n) is 5.07. The second kappa shape index (κ2) is 4.70. The quantitative estimate of drug-likeness (QED) is 0.934. The molecule has 0 saturated carbocycles. The maximum atomic E-state index is 5.78. The molecule has 17 heavy (non-hydrogen) atoms. The van der Waals surface area contributed by atoms with Gasteiger partial charge in [0.1, 0.15) is 10.3 Å². The average Bonchev–Trinajstić information content (AvgIpc) is 2.77. The van der Waals surface area contributed by atoms with E-state index in [4.69, 9.17) is 10.5 Å². The number of hydrogen-bond acceptors (Lipinski definition) is 5. The third-order valence-corrected chi connectivity index (χ3v) is 2.64. The van der Waals surface area contributed by atoms with E-state index in [0.717, 1.165) is 0 Å². The maximum absolute atomic E-state index is 5.78. The SMILES string of the molecule is CC(C)Oc1nc(-n2cccn2)nc(N)c1Br. The van der Waals surface area contributed by atoms with Gasteiger partial charge in [0, 0.05) is 12.4 Å². The zero-order valence-electron chi connectivity index (χ0n) is 9.46. The molecule has 0 spiro atoms. The molecule has 0 aromatic carbocycles. The van der Waals surface area contributed by atoms with E-state index in [9.17, 15) is 0 Å². The molecule has 0 aliphatic rings. The van der Waals surface area contributed by atoms with E-state index in [-0.39, 0.29) is 6.10 Å². The second-order valence-corrected chi connectivity index (χ2v) is 4.44. The Bertz CT molecular complexity index is 512. The molecule has 0 aliphatic carbocycles. The van der Waals surface area contributed by atoms with Crippen molar-refractivity contribution in [3.8, 4) is 11.8 Å². The minimum Gasteiger partial charge on any atom is -0.474 e. The van der Waals surface area contributed by atoms with E-state index in [1.54, 1.807) is 18.5 Å². The zero-order valence-corrected chi connectivity index (χ0v) is 11.0. The highest BCUT2D eigenvalue weighted by Gasteiger charge is 2.13. The van der Waals surface area contributed by atoms with Crippen LogP contribution in [0.25, 0.3) is 5.95 Å². The van der Waals surface area contributed by atoms with Crippen molar-refractivity contribution in [3.05, 3.63) is 22.9 Å². The second-order valence-electron chi connectivity index (χ2n) is 3.65. The topological polar surface area (TPSA) is 78.8 Å². The molecular weight excluding hydrogens is 286 g/mol. The third kappa shape index (κ3) is 2.55. The van der Waals surface area contributed by atoms with Crippen LogP contribution < -0.4 is 10.5 Å². The Morgan fingerprint density at radius 2 is 2.18 bits per heavy atom. The van der Waals surface area contributed by atoms with Crippen LogP contribution in [0.2, 0.25) is 0 Å². The first kappa shape index (κ1) is 11.8. The predicted molar refractivity (Wildman–Crippen MR) is 67.0 cm³/mol. The lowest BCUT2D eigenvalue weighted by atomic mass is 10.5. The van der Waals surface area contributed by atoms with Gasteiger partial charge in [-0.2, -0.15) is 15.1 Å². The molecular formula is C10H12BrN5O. The maximum Gasteiger partial charge on any atom is 0.255 e. The fourth-order valence-corrected chi connectivity index (χ4v) is 1.49. The van der Waals surface area contributed by atoms with Crippen molar-refractivity contribution >= 4 is 21.7 Å². The number of anilines is 1. The Balaban J connectivity index is 2.46. The molecule has 0 saturated heterocycles. The van der Waals surface area contributed by atoms with Crippen molar-refractivity contribution in [1.29, 1.82) is 0 Å². The summed E-state index contributed by atoms with van der Waals surface area (Å²) in [6.45, 7) is 3.83. The minimum atomic E-state index is 0.00562. The van der Waals surface area contributed by atoms with Gasteiger partial charge in [-0.05, 0) is 35.8 Å². The van der Waals surface area contributed by atoms with Crippen LogP contribution in [0.1, 0.15) is 13.8 Å². The van der Waals surface area contributed by atoms with Crippen molar-refractivity contribution in [2.24, 2.45) is 0 Å². The summed E-state index contributed by atoms with van der Waals surface area (Å²) in [6, 6.07) is 1.78. The Hall–Kier alpha value is -1.63. The number of nitrogens with zero attached hydrogens (tertiary/aromatic N) is 4. The number of hydrogen-bond donors (Lipinski definition) is 1. The molecule has 0 unspecified atom stereocenters. The Morgan fingerprint density at radius 1 is 1.41 bits per heavy atom. The lowest BCUT2D eigenvalue weighted by Gasteiger charge is -2.12. The number of nitrogens with two attached hydrogens (primary N) is 1. The van der Waals surface area contributed by atoms with Gasteiger partial charge in [-0.3, -0.25) is 0 Å². The van der Waals surface area contributed by atoms with Crippen LogP contribution in [0.5, 0.6) is 5.88 Å². The van der Waals surface area contributed by atoms with Gasteiger partial charge in [-0.25, -0.2) is 4.68 Å². The molecule has 90 valence electrons. The Morgan fingerprint density at radius 3 is 2.76 bits per heavy atom. The summed E-state index contributed by atoms with van der Waals surface area (Å²) in [6.07, 6.45) is 3.39. The summed E-state index contributed by atoms with van der Waals surface area (Å²) in [5.74, 6) is 1.12. The van der Waals surface area contributed by atoms with Crippen LogP contribution in [0.4, 0.5) is 5.82 Å². The van der Waals surface area contributed by atoms with E-state index in [2.05, 4.69) is 31.0 Å². The van der Waals surface area contributed by atoms with Crippen molar-refractivity contribution in [3.63, 3.8) is 0 Å². The molecule has 2 rings (SSSR count). The van der Waals surface area contributed by atoms with Crippen LogP contribution in [-0.2, 0) is 0 Å². The molecule has 0 radical (unpaired) electrons. The predicted octanol–water partition coefficient (Wildman–Crippen LogP) is 1.79. The molecule has 0 fully saturated rings. The number of ether oxygens (including phenoxy) is 1. The molecule has 0 atom stereocenters. The van der Waals surface area contributed by atoms with Crippen molar-refractivity contribution < 1.29 is 4.74 Å². The van der Waals surface area contributed by atoms with Gasteiger partial charge in [0.05, 0.1) is 6.10 Å². The van der Waals surface area contributed by atoms with E-state index < -0.39 is 0 Å². The summed E-state index contributed by atoms with van der Waals surface area (Å²) >= 11 is 3.30. The highest BCUT2D eigenvalue weighted by atomic mass is 79.9. The highest BCUT2D eigenvalue weighted by Crippen LogP contribution is 2.28. The first-order valence-corrected chi connectivity index (χ1v) is 5.87. The van der Waals surface area contributed by atoms with E-state index in [1.807, 2.05) is 13.8 Å². The number of nitrogen functional groups attached to an aromatic ring is 1. The van der Waals surface area contributed by atoms with Crippen molar-refractivity contribution in [2.45, 2.75) is 20.0 Å². The van der Waals surface area contributed by atoms with Crippen LogP contribution >= 0.6 is 15.9 Å². The molecule has 2 aromatic heterocycles. The normalized spacial score (nSPS) is 10.8. The summed E-state index contributed by atoms with van der Waals surface area (Å²) in [7, 11) is 0. The van der Waals surface area contributed by atoms with E-state index in [0.29, 0.717) is 22.1 Å². The van der Waals surface area contributed by atoms with Gasteiger partial charge in [0.15, 0.2) is 0 Å². The summed E-state index contributed by atoms with van der Waals surface area (Å²) < 4.78 is 7.63. The monoisotopic (exact) mass is 297 g/mol. The Labute approximate surface area is 107 Å². The summed E-state index contributed by atoms with van der Waals surface area (Å²) in [4.78, 5) is 8.38. The number of aromatic nitrogens is 4. The van der Waals surface area contributed by atoms with Gasteiger partial charge < -0.3 is 10.5 Å². The van der Waals surface area contributed by atoms with Crippen LogP contribution in [0.3, 0.4) is 0 Å². The molecule has 0 amide bonds. The lowest BCUT2D eigenvalue weighted by Crippen LogP contribution is -2.12. The molecule has 2 heterocycles. The van der Waals surface area contributed by atoms with Gasteiger partial charge in [-0.15, -0.1) is 0 Å². The molecule has 0 aliphatic heterocycles. The molecule has 2 N–H and O–H groups in total. The summed E-state index contributed by atoms with van der Waals surface area (Å²) in [5.41, 5.74) is 5.78. The van der Waals surface area contributed by atoms with Crippen LogP contribution in [-0.4, -0.2) is 25.9 Å². The van der Waals surface area contributed by atoms with Crippen LogP contribution in [0, 0.1) is 0 Å². The van der Waals surface area contributed by atoms with Gasteiger partial charge in [-0.1, -0.05) is 0 Å². The summed E-state index contributed by atoms with van der Waals surface area (Å²) in [5, 5.41) is 4.04. The van der Waals surface area contributed by atoms with Gasteiger partial charge in [0.2, 0.25) is 5.88 Å². The van der Waals surface area contributed by atoms with Crippen molar-refractivity contribution in [2.75, 3.05) is 5.73 Å². The standard InChI is InChI=1S/C10H12BrN5O/c1-6(2)17-9-7(11)8(12)14-10(15-9)16-5-3-4-13-16/h3-6H,1-2H3,(H2,12,14,15). The molecule has 0 bridgehead atoms. The van der Waals surface area contributed by atoms with Crippen LogP contribution in [0.15, 0.2) is 22.9 Å². The lowest BCUT2D eigenvalue weighted by molar-refractivity contribution is 0.230. The van der Waals surface area contributed by atoms with Gasteiger partial charge >= 0.3 is 0 Å². The largest absolute Gasteiger partial charge is 0.474 e. The average molecular weight is 298 g/mol. The van der Waals surface area contributed by atoms with E-state index in [1.165, 1.54) is 4.68 Å². The minimum absolute atomic E-state index is 0.00562. The van der Waals surface area contributed by atoms with Crippen molar-refractivity contribution in [1.82, 2.24) is 19.7 Å². The highest BCUT2D eigenvalue weighted by molar-refractivity contribution is 9.10. The zero-order chi connectivity index (χ0) is 12.4. The molecule has 6 nitrogen and oxygen atoms in total. The third-order valence-electron chi connectivity index (χ3n) is 1.89. The van der Waals surface area contributed by atoms with E-state index >= 15 is 0 Å². The number of rotatable bonds is 3. The molecule has 2 aromatic rings. The fourth-order valence-electron chi connectivity index (χ4n) is 1.22.